The number of carbonyl (C=O) groups excluding carboxylic acids is 3. The molecule has 2 aliphatic rings. The Morgan fingerprint density at radius 1 is 0.850 bits per heavy atom. The number of ether oxygens (including phenoxy) is 3. The van der Waals surface area contributed by atoms with Gasteiger partial charge in [0.1, 0.15) is 0 Å². The van der Waals surface area contributed by atoms with E-state index >= 15 is 0 Å². The first-order valence-electron chi connectivity index (χ1n) is 6.28. The fourth-order valence-electron chi connectivity index (χ4n) is 1.80. The number of esters is 3. The fourth-order valence-corrected chi connectivity index (χ4v) is 1.80. The smallest absolute Gasteiger partial charge is 0.323 e. The summed E-state index contributed by atoms with van der Waals surface area (Å²) >= 11 is 0. The Morgan fingerprint density at radius 2 is 1.25 bits per heavy atom. The van der Waals surface area contributed by atoms with E-state index in [-0.39, 0.29) is 12.6 Å². The van der Waals surface area contributed by atoms with Crippen LogP contribution in [0.3, 0.4) is 0 Å². The highest BCUT2D eigenvalue weighted by molar-refractivity contribution is 6.02. The molecule has 1 N–H and O–H groups in total. The van der Waals surface area contributed by atoms with Crippen molar-refractivity contribution in [1.82, 2.24) is 0 Å². The lowest BCUT2D eigenvalue weighted by atomic mass is 10.1. The van der Waals surface area contributed by atoms with Crippen LogP contribution < -0.4 is 0 Å². The molecule has 2 aliphatic carbocycles. The molecule has 7 heteroatoms. The first-order chi connectivity index (χ1) is 9.42. The lowest BCUT2D eigenvalue weighted by molar-refractivity contribution is -0.161. The first-order valence-corrected chi connectivity index (χ1v) is 6.28. The molecule has 0 amide bonds. The molecule has 2 rings (SSSR count). The molecule has 20 heavy (non-hydrogen) atoms. The van der Waals surface area contributed by atoms with Crippen molar-refractivity contribution >= 4 is 17.9 Å². The third kappa shape index (κ3) is 3.09. The van der Waals surface area contributed by atoms with Crippen molar-refractivity contribution in [1.29, 1.82) is 0 Å². The molecule has 0 radical (unpaired) electrons. The lowest BCUT2D eigenvalue weighted by Crippen LogP contribution is -2.27. The minimum absolute atomic E-state index is 0.0698. The van der Waals surface area contributed by atoms with E-state index in [9.17, 15) is 14.4 Å². The molecule has 0 spiro atoms. The van der Waals surface area contributed by atoms with Crippen LogP contribution in [0.25, 0.3) is 0 Å². The largest absolute Gasteiger partial charge is 0.469 e. The second kappa shape index (κ2) is 6.21. The van der Waals surface area contributed by atoms with E-state index in [4.69, 9.17) is 5.11 Å². The zero-order valence-electron chi connectivity index (χ0n) is 11.9. The van der Waals surface area contributed by atoms with E-state index in [1.54, 1.807) is 0 Å². The third-order valence-corrected chi connectivity index (χ3v) is 3.68. The number of hydrogen-bond donors (Lipinski definition) is 1. The van der Waals surface area contributed by atoms with Gasteiger partial charge in [-0.2, -0.15) is 0 Å². The predicted molar refractivity (Wildman–Crippen MR) is 66.5 cm³/mol. The van der Waals surface area contributed by atoms with Gasteiger partial charge in [-0.25, -0.2) is 0 Å². The molecule has 0 aromatic heterocycles. The maximum atomic E-state index is 11.0. The van der Waals surface area contributed by atoms with Crippen molar-refractivity contribution < 1.29 is 33.7 Å². The van der Waals surface area contributed by atoms with Gasteiger partial charge in [0.2, 0.25) is 0 Å². The second-order valence-electron chi connectivity index (χ2n) is 5.00. The minimum atomic E-state index is -0.955. The van der Waals surface area contributed by atoms with Crippen molar-refractivity contribution in [2.24, 2.45) is 10.8 Å². The second-order valence-corrected chi connectivity index (χ2v) is 5.00. The van der Waals surface area contributed by atoms with Gasteiger partial charge in [-0.3, -0.25) is 14.4 Å². The average Bonchev–Trinajstić information content (AvgIpc) is 3.38. The quantitative estimate of drug-likeness (QED) is 0.443. The normalized spacial score (nSPS) is 19.8. The number of aliphatic hydroxyl groups excluding tert-OH is 1. The molecule has 114 valence electrons. The van der Waals surface area contributed by atoms with Crippen LogP contribution in [-0.4, -0.2) is 51.0 Å². The van der Waals surface area contributed by atoms with Crippen molar-refractivity contribution in [2.45, 2.75) is 25.7 Å². The zero-order chi connectivity index (χ0) is 15.4. The molecule has 2 fully saturated rings. The summed E-state index contributed by atoms with van der Waals surface area (Å²) < 4.78 is 13.4. The van der Waals surface area contributed by atoms with E-state index in [0.29, 0.717) is 12.8 Å². The summed E-state index contributed by atoms with van der Waals surface area (Å²) in [6, 6.07) is 0. The van der Waals surface area contributed by atoms with E-state index < -0.39 is 22.8 Å². The molecule has 0 heterocycles. The average molecular weight is 288 g/mol. The zero-order valence-corrected chi connectivity index (χ0v) is 11.9. The van der Waals surface area contributed by atoms with Crippen LogP contribution in [0.4, 0.5) is 0 Å². The molecule has 7 nitrogen and oxygen atoms in total. The van der Waals surface area contributed by atoms with Crippen LogP contribution in [0.5, 0.6) is 0 Å². The van der Waals surface area contributed by atoms with Crippen LogP contribution in [0.15, 0.2) is 0 Å². The maximum absolute atomic E-state index is 11.0. The summed E-state index contributed by atoms with van der Waals surface area (Å²) in [5, 5.41) is 8.66. The number of rotatable bonds is 4. The highest BCUT2D eigenvalue weighted by atomic mass is 16.5. The lowest BCUT2D eigenvalue weighted by Gasteiger charge is -2.08. The SMILES string of the molecule is COC(=O)C1(C(=O)OC)CC1.COC(=O)C1(CO)CC1. The van der Waals surface area contributed by atoms with Crippen LogP contribution in [0, 0.1) is 10.8 Å². The van der Waals surface area contributed by atoms with Crippen molar-refractivity contribution in [3.8, 4) is 0 Å². The molecular weight excluding hydrogens is 268 g/mol. The molecule has 0 aliphatic heterocycles. The van der Waals surface area contributed by atoms with Crippen LogP contribution >= 0.6 is 0 Å². The van der Waals surface area contributed by atoms with E-state index in [2.05, 4.69) is 14.2 Å². The molecule has 0 atom stereocenters. The molecular formula is C13H20O7. The van der Waals surface area contributed by atoms with Crippen LogP contribution in [0.2, 0.25) is 0 Å². The summed E-state index contributed by atoms with van der Waals surface area (Å²) in [5.74, 6) is -1.24. The third-order valence-electron chi connectivity index (χ3n) is 3.68. The Morgan fingerprint density at radius 3 is 1.40 bits per heavy atom. The van der Waals surface area contributed by atoms with Crippen molar-refractivity contribution in [3.63, 3.8) is 0 Å². The van der Waals surface area contributed by atoms with E-state index in [0.717, 1.165) is 12.8 Å². The topological polar surface area (TPSA) is 99.1 Å². The number of hydrogen-bond acceptors (Lipinski definition) is 7. The summed E-state index contributed by atoms with van der Waals surface area (Å²) in [6.07, 6.45) is 2.64. The Bertz CT molecular complexity index is 376. The van der Waals surface area contributed by atoms with E-state index in [1.807, 2.05) is 0 Å². The van der Waals surface area contributed by atoms with Gasteiger partial charge >= 0.3 is 17.9 Å². The van der Waals surface area contributed by atoms with Gasteiger partial charge in [-0.15, -0.1) is 0 Å². The van der Waals surface area contributed by atoms with Crippen molar-refractivity contribution in [3.05, 3.63) is 0 Å². The van der Waals surface area contributed by atoms with Gasteiger partial charge in [-0.05, 0) is 25.7 Å². The van der Waals surface area contributed by atoms with Gasteiger partial charge in [0.05, 0.1) is 33.4 Å². The minimum Gasteiger partial charge on any atom is -0.469 e. The summed E-state index contributed by atoms with van der Waals surface area (Å²) in [7, 11) is 3.88. The van der Waals surface area contributed by atoms with Crippen molar-refractivity contribution in [2.75, 3.05) is 27.9 Å². The molecule has 0 unspecified atom stereocenters. The molecule has 0 saturated heterocycles. The van der Waals surface area contributed by atoms with Crippen LogP contribution in [0.1, 0.15) is 25.7 Å². The molecule has 2 saturated carbocycles. The maximum Gasteiger partial charge on any atom is 0.323 e. The number of aliphatic hydroxyl groups is 1. The van der Waals surface area contributed by atoms with Gasteiger partial charge < -0.3 is 19.3 Å². The van der Waals surface area contributed by atoms with Crippen LogP contribution in [-0.2, 0) is 28.6 Å². The summed E-state index contributed by atoms with van der Waals surface area (Å²) in [5.41, 5.74) is -1.46. The number of carbonyl (C=O) groups is 3. The Hall–Kier alpha value is -1.63. The molecule has 0 bridgehead atoms. The van der Waals surface area contributed by atoms with Gasteiger partial charge in [0.15, 0.2) is 5.41 Å². The first kappa shape index (κ1) is 16.4. The Labute approximate surface area is 117 Å². The van der Waals surface area contributed by atoms with Gasteiger partial charge in [0.25, 0.3) is 0 Å². The Kier molecular flexibility index (Phi) is 5.10. The predicted octanol–water partition coefficient (Wildman–Crippen LogP) is 0.0445. The standard InChI is InChI=1S/C7H10O4.C6H10O3/c1-10-5(8)7(3-4-7)6(9)11-2;1-9-5(8)6(4-7)2-3-6/h3-4H2,1-2H3;7H,2-4H2,1H3. The highest BCUT2D eigenvalue weighted by Gasteiger charge is 2.59. The summed E-state index contributed by atoms with van der Waals surface area (Å²) in [4.78, 5) is 32.7. The molecule has 0 aromatic rings. The Balaban J connectivity index is 0.000000204. The van der Waals surface area contributed by atoms with Gasteiger partial charge in [-0.1, -0.05) is 0 Å². The number of methoxy groups -OCH3 is 3. The van der Waals surface area contributed by atoms with Gasteiger partial charge in [0, 0.05) is 0 Å². The fraction of sp³-hybridized carbons (Fsp3) is 0.769. The monoisotopic (exact) mass is 288 g/mol. The van der Waals surface area contributed by atoms with E-state index in [1.165, 1.54) is 21.3 Å². The molecule has 0 aromatic carbocycles. The summed E-state index contributed by atoms with van der Waals surface area (Å²) in [6.45, 7) is -0.0698. The highest BCUT2D eigenvalue weighted by Crippen LogP contribution is 2.47.